The third-order valence-corrected chi connectivity index (χ3v) is 3.87. The van der Waals surface area contributed by atoms with E-state index in [1.807, 2.05) is 30.3 Å². The molecule has 0 radical (unpaired) electrons. The van der Waals surface area contributed by atoms with Crippen LogP contribution in [0.1, 0.15) is 27.2 Å². The summed E-state index contributed by atoms with van der Waals surface area (Å²) in [5, 5.41) is 0. The molecular formula is C15H20O. The molecule has 1 nitrogen and oxygen atoms in total. The van der Waals surface area contributed by atoms with Crippen LogP contribution in [0.4, 0.5) is 0 Å². The minimum atomic E-state index is 0.148. The highest BCUT2D eigenvalue weighted by Crippen LogP contribution is 2.51. The summed E-state index contributed by atoms with van der Waals surface area (Å²) < 4.78 is 6.08. The Balaban J connectivity index is 2.12. The molecular weight excluding hydrogens is 196 g/mol. The maximum Gasteiger partial charge on any atom is 0.119 e. The van der Waals surface area contributed by atoms with E-state index < -0.39 is 0 Å². The third kappa shape index (κ3) is 1.75. The maximum absolute atomic E-state index is 6.08. The van der Waals surface area contributed by atoms with Crippen LogP contribution in [-0.2, 0) is 0 Å². The van der Waals surface area contributed by atoms with E-state index in [4.69, 9.17) is 4.74 Å². The summed E-state index contributed by atoms with van der Waals surface area (Å²) in [4.78, 5) is 0. The van der Waals surface area contributed by atoms with Crippen LogP contribution >= 0.6 is 0 Å². The van der Waals surface area contributed by atoms with Crippen LogP contribution < -0.4 is 4.74 Å². The van der Waals surface area contributed by atoms with Gasteiger partial charge in [-0.2, -0.15) is 0 Å². The minimum absolute atomic E-state index is 0.148. The van der Waals surface area contributed by atoms with Crippen molar-refractivity contribution in [3.8, 4) is 5.75 Å². The van der Waals surface area contributed by atoms with Gasteiger partial charge in [-0.3, -0.25) is 0 Å². The Hall–Kier alpha value is -1.24. The first-order valence-electron chi connectivity index (χ1n) is 5.92. The zero-order chi connectivity index (χ0) is 11.8. The predicted octanol–water partition coefficient (Wildman–Crippen LogP) is 4.06. The largest absolute Gasteiger partial charge is 0.489 e. The van der Waals surface area contributed by atoms with E-state index >= 15 is 0 Å². The first kappa shape index (κ1) is 11.3. The van der Waals surface area contributed by atoms with Crippen LogP contribution in [0.25, 0.3) is 0 Å². The highest BCUT2D eigenvalue weighted by Gasteiger charge is 2.50. The van der Waals surface area contributed by atoms with Gasteiger partial charge in [0, 0.05) is 5.41 Å². The quantitative estimate of drug-likeness (QED) is 0.692. The van der Waals surface area contributed by atoms with Gasteiger partial charge in [0.05, 0.1) is 0 Å². The molecule has 0 unspecified atom stereocenters. The van der Waals surface area contributed by atoms with Crippen molar-refractivity contribution < 1.29 is 4.74 Å². The molecule has 0 bridgehead atoms. The minimum Gasteiger partial charge on any atom is -0.489 e. The van der Waals surface area contributed by atoms with E-state index in [9.17, 15) is 0 Å². The van der Waals surface area contributed by atoms with Crippen LogP contribution in [0.2, 0.25) is 0 Å². The summed E-state index contributed by atoms with van der Waals surface area (Å²) >= 11 is 0. The molecule has 0 heterocycles. The van der Waals surface area contributed by atoms with E-state index in [1.165, 1.54) is 12.0 Å². The van der Waals surface area contributed by atoms with Crippen LogP contribution in [-0.4, -0.2) is 6.10 Å². The van der Waals surface area contributed by atoms with Gasteiger partial charge in [0.1, 0.15) is 11.9 Å². The zero-order valence-corrected chi connectivity index (χ0v) is 10.4. The molecule has 1 aromatic carbocycles. The lowest BCUT2D eigenvalue weighted by atomic mass is 9.58. The number of hydrogen-bond donors (Lipinski definition) is 0. The monoisotopic (exact) mass is 216 g/mol. The van der Waals surface area contributed by atoms with Crippen LogP contribution in [0.5, 0.6) is 5.75 Å². The Morgan fingerprint density at radius 1 is 1.38 bits per heavy atom. The van der Waals surface area contributed by atoms with Crippen molar-refractivity contribution in [3.05, 3.63) is 42.5 Å². The Bertz CT molecular complexity index is 382. The van der Waals surface area contributed by atoms with E-state index in [-0.39, 0.29) is 11.5 Å². The molecule has 0 aliphatic heterocycles. The highest BCUT2D eigenvalue weighted by molar-refractivity contribution is 5.25. The Morgan fingerprint density at radius 3 is 2.50 bits per heavy atom. The lowest BCUT2D eigenvalue weighted by Crippen LogP contribution is -2.53. The molecule has 0 N–H and O–H groups in total. The molecule has 1 aromatic rings. The molecule has 86 valence electrons. The normalized spacial score (nSPS) is 32.9. The maximum atomic E-state index is 6.08. The van der Waals surface area contributed by atoms with Gasteiger partial charge in [-0.05, 0) is 31.4 Å². The lowest BCUT2D eigenvalue weighted by molar-refractivity contribution is -0.0593. The second-order valence-electron chi connectivity index (χ2n) is 5.23. The molecule has 3 atom stereocenters. The smallest absolute Gasteiger partial charge is 0.119 e. The zero-order valence-electron chi connectivity index (χ0n) is 10.4. The van der Waals surface area contributed by atoms with E-state index in [2.05, 4.69) is 27.4 Å². The SMILES string of the molecule is C=C(C)[C@]1(C)C[C@H](C)[C@@H]1Oc1ccccc1. The van der Waals surface area contributed by atoms with Crippen molar-refractivity contribution >= 4 is 0 Å². The van der Waals surface area contributed by atoms with Crippen molar-refractivity contribution in [2.75, 3.05) is 0 Å². The fourth-order valence-corrected chi connectivity index (χ4v) is 2.67. The van der Waals surface area contributed by atoms with Crippen molar-refractivity contribution in [3.63, 3.8) is 0 Å². The molecule has 1 aliphatic carbocycles. The molecule has 1 saturated carbocycles. The Morgan fingerprint density at radius 2 is 2.00 bits per heavy atom. The number of para-hydroxylation sites is 1. The van der Waals surface area contributed by atoms with Gasteiger partial charge < -0.3 is 4.74 Å². The van der Waals surface area contributed by atoms with Gasteiger partial charge >= 0.3 is 0 Å². The average molecular weight is 216 g/mol. The van der Waals surface area contributed by atoms with Gasteiger partial charge in [-0.15, -0.1) is 0 Å². The van der Waals surface area contributed by atoms with Gasteiger partial charge in [-0.25, -0.2) is 0 Å². The number of benzene rings is 1. The van der Waals surface area contributed by atoms with Gasteiger partial charge in [0.2, 0.25) is 0 Å². The topological polar surface area (TPSA) is 9.23 Å². The van der Waals surface area contributed by atoms with Gasteiger partial charge in [0.15, 0.2) is 0 Å². The van der Waals surface area contributed by atoms with Crippen LogP contribution in [0, 0.1) is 11.3 Å². The molecule has 1 aliphatic rings. The second kappa shape index (κ2) is 3.97. The standard InChI is InChI=1S/C15H20O/c1-11(2)15(4)10-12(3)14(15)16-13-8-6-5-7-9-13/h5-9,12,14H,1,10H2,2-4H3/t12-,14-,15-/m0/s1. The molecule has 16 heavy (non-hydrogen) atoms. The molecule has 0 spiro atoms. The summed E-state index contributed by atoms with van der Waals surface area (Å²) in [5.74, 6) is 1.58. The van der Waals surface area contributed by atoms with E-state index in [0.717, 1.165) is 5.75 Å². The summed E-state index contributed by atoms with van der Waals surface area (Å²) in [6, 6.07) is 10.1. The first-order chi connectivity index (χ1) is 7.54. The van der Waals surface area contributed by atoms with E-state index in [0.29, 0.717) is 5.92 Å². The molecule has 1 heteroatoms. The molecule has 0 aromatic heterocycles. The van der Waals surface area contributed by atoms with Crippen LogP contribution in [0.3, 0.4) is 0 Å². The molecule has 1 fully saturated rings. The fraction of sp³-hybridized carbons (Fsp3) is 0.467. The van der Waals surface area contributed by atoms with Crippen molar-refractivity contribution in [2.24, 2.45) is 11.3 Å². The highest BCUT2D eigenvalue weighted by atomic mass is 16.5. The van der Waals surface area contributed by atoms with Crippen LogP contribution in [0.15, 0.2) is 42.5 Å². The third-order valence-electron chi connectivity index (χ3n) is 3.87. The summed E-state index contributed by atoms with van der Waals surface area (Å²) in [6.45, 7) is 10.7. The van der Waals surface area contributed by atoms with E-state index in [1.54, 1.807) is 0 Å². The van der Waals surface area contributed by atoms with Crippen molar-refractivity contribution in [2.45, 2.75) is 33.3 Å². The fourth-order valence-electron chi connectivity index (χ4n) is 2.67. The van der Waals surface area contributed by atoms with Gasteiger partial charge in [0.25, 0.3) is 0 Å². The van der Waals surface area contributed by atoms with Crippen molar-refractivity contribution in [1.82, 2.24) is 0 Å². The average Bonchev–Trinajstić information content (AvgIpc) is 2.27. The molecule has 0 saturated heterocycles. The lowest BCUT2D eigenvalue weighted by Gasteiger charge is -2.52. The Labute approximate surface area is 98.1 Å². The summed E-state index contributed by atoms with van der Waals surface area (Å²) in [7, 11) is 0. The number of rotatable bonds is 3. The first-order valence-corrected chi connectivity index (χ1v) is 5.92. The molecule has 0 amide bonds. The number of hydrogen-bond acceptors (Lipinski definition) is 1. The van der Waals surface area contributed by atoms with Gasteiger partial charge in [-0.1, -0.05) is 44.2 Å². The summed E-state index contributed by atoms with van der Waals surface area (Å²) in [6.07, 6.45) is 1.45. The second-order valence-corrected chi connectivity index (χ2v) is 5.23. The Kier molecular flexibility index (Phi) is 2.79. The summed E-state index contributed by atoms with van der Waals surface area (Å²) in [5.41, 5.74) is 1.38. The predicted molar refractivity (Wildman–Crippen MR) is 67.6 cm³/mol. The number of ether oxygens (including phenoxy) is 1. The van der Waals surface area contributed by atoms with Crippen molar-refractivity contribution in [1.29, 1.82) is 0 Å². The molecule has 2 rings (SSSR count).